The van der Waals surface area contributed by atoms with Gasteiger partial charge in [0.05, 0.1) is 5.69 Å². The molecule has 0 radical (unpaired) electrons. The largest absolute Gasteiger partial charge is 0.486 e. The molecule has 0 spiro atoms. The van der Waals surface area contributed by atoms with Gasteiger partial charge in [-0.25, -0.2) is 8.78 Å². The number of aromatic nitrogens is 2. The summed E-state index contributed by atoms with van der Waals surface area (Å²) in [5.41, 5.74) is 0.377. The Morgan fingerprint density at radius 2 is 1.83 bits per heavy atom. The third-order valence-corrected chi connectivity index (χ3v) is 4.61. The van der Waals surface area contributed by atoms with Crippen LogP contribution < -0.4 is 10.1 Å². The van der Waals surface area contributed by atoms with Crippen LogP contribution in [-0.2, 0) is 6.61 Å². The lowest BCUT2D eigenvalue weighted by atomic mass is 10.2. The molecule has 0 aliphatic heterocycles. The van der Waals surface area contributed by atoms with Crippen LogP contribution in [0.3, 0.4) is 0 Å². The van der Waals surface area contributed by atoms with E-state index < -0.39 is 17.5 Å². The fraction of sp³-hybridized carbons (Fsp3) is 0.158. The highest BCUT2D eigenvalue weighted by Gasteiger charge is 2.16. The molecule has 10 heteroatoms. The van der Waals surface area contributed by atoms with Crippen molar-refractivity contribution in [1.82, 2.24) is 15.1 Å². The van der Waals surface area contributed by atoms with Crippen LogP contribution in [0.2, 0.25) is 0 Å². The molecule has 2 aromatic carbocycles. The van der Waals surface area contributed by atoms with Gasteiger partial charge in [-0.3, -0.25) is 9.59 Å². The average Bonchev–Trinajstić information content (AvgIpc) is 3.17. The molecular weight excluding hydrogens is 402 g/mol. The maximum absolute atomic E-state index is 13.6. The lowest BCUT2D eigenvalue weighted by Gasteiger charge is -2.10. The van der Waals surface area contributed by atoms with Gasteiger partial charge in [0, 0.05) is 25.7 Å². The summed E-state index contributed by atoms with van der Waals surface area (Å²) < 4.78 is 32.1. The molecule has 0 saturated carbocycles. The van der Waals surface area contributed by atoms with Crippen LogP contribution in [0.15, 0.2) is 42.5 Å². The standard InChI is InChI=1S/C19H16F2N4O3S/c1-25(2)19(27)11-3-6-13(7-4-11)28-10-16-23-24-18(29-16)17(26)22-15-8-5-12(20)9-14(15)21/h3-9H,10H2,1-2H3,(H,22,26). The highest BCUT2D eigenvalue weighted by Crippen LogP contribution is 2.19. The number of anilines is 1. The lowest BCUT2D eigenvalue weighted by Crippen LogP contribution is -2.21. The monoisotopic (exact) mass is 418 g/mol. The summed E-state index contributed by atoms with van der Waals surface area (Å²) in [6, 6.07) is 9.44. The summed E-state index contributed by atoms with van der Waals surface area (Å²) in [4.78, 5) is 25.5. The lowest BCUT2D eigenvalue weighted by molar-refractivity contribution is 0.0827. The van der Waals surface area contributed by atoms with Gasteiger partial charge in [0.25, 0.3) is 11.8 Å². The number of amides is 2. The number of hydrogen-bond donors (Lipinski definition) is 1. The zero-order valence-corrected chi connectivity index (χ0v) is 16.3. The molecule has 3 rings (SSSR count). The van der Waals surface area contributed by atoms with Crippen LogP contribution in [-0.4, -0.2) is 41.0 Å². The fourth-order valence-corrected chi connectivity index (χ4v) is 2.92. The van der Waals surface area contributed by atoms with Crippen molar-refractivity contribution in [2.24, 2.45) is 0 Å². The summed E-state index contributed by atoms with van der Waals surface area (Å²) in [6.07, 6.45) is 0. The van der Waals surface area contributed by atoms with E-state index in [0.717, 1.165) is 23.5 Å². The van der Waals surface area contributed by atoms with E-state index in [-0.39, 0.29) is 23.2 Å². The SMILES string of the molecule is CN(C)C(=O)c1ccc(OCc2nnc(C(=O)Nc3ccc(F)cc3F)s2)cc1. The van der Waals surface area contributed by atoms with Crippen LogP contribution in [0.1, 0.15) is 25.2 Å². The van der Waals surface area contributed by atoms with Crippen LogP contribution in [0.5, 0.6) is 5.75 Å². The molecule has 0 fully saturated rings. The number of hydrogen-bond acceptors (Lipinski definition) is 6. The smallest absolute Gasteiger partial charge is 0.286 e. The van der Waals surface area contributed by atoms with Crippen molar-refractivity contribution in [2.45, 2.75) is 6.61 Å². The molecule has 150 valence electrons. The van der Waals surface area contributed by atoms with Gasteiger partial charge >= 0.3 is 0 Å². The molecule has 0 atom stereocenters. The van der Waals surface area contributed by atoms with Gasteiger partial charge in [0.2, 0.25) is 5.01 Å². The van der Waals surface area contributed by atoms with E-state index in [4.69, 9.17) is 4.74 Å². The Morgan fingerprint density at radius 1 is 1.10 bits per heavy atom. The van der Waals surface area contributed by atoms with E-state index in [1.165, 1.54) is 4.90 Å². The molecule has 29 heavy (non-hydrogen) atoms. The molecule has 2 amide bonds. The van der Waals surface area contributed by atoms with Gasteiger partial charge in [0.15, 0.2) is 5.01 Å². The summed E-state index contributed by atoms with van der Waals surface area (Å²) >= 11 is 0.984. The number of benzene rings is 2. The van der Waals surface area contributed by atoms with Crippen molar-refractivity contribution in [1.29, 1.82) is 0 Å². The van der Waals surface area contributed by atoms with E-state index in [9.17, 15) is 18.4 Å². The number of carbonyl (C=O) groups is 2. The molecule has 3 aromatic rings. The van der Waals surface area contributed by atoms with Crippen molar-refractivity contribution < 1.29 is 23.1 Å². The molecule has 1 N–H and O–H groups in total. The molecule has 0 unspecified atom stereocenters. The topological polar surface area (TPSA) is 84.4 Å². The van der Waals surface area contributed by atoms with Crippen LogP contribution in [0.4, 0.5) is 14.5 Å². The van der Waals surface area contributed by atoms with Gasteiger partial charge < -0.3 is 15.0 Å². The molecule has 7 nitrogen and oxygen atoms in total. The Hall–Kier alpha value is -3.40. The van der Waals surface area contributed by atoms with Gasteiger partial charge in [-0.05, 0) is 36.4 Å². The number of nitrogens with zero attached hydrogens (tertiary/aromatic N) is 3. The maximum Gasteiger partial charge on any atom is 0.286 e. The van der Waals surface area contributed by atoms with Crippen molar-refractivity contribution >= 4 is 28.8 Å². The van der Waals surface area contributed by atoms with Gasteiger partial charge in [-0.2, -0.15) is 0 Å². The zero-order chi connectivity index (χ0) is 21.0. The van der Waals surface area contributed by atoms with E-state index in [1.54, 1.807) is 38.4 Å². The van der Waals surface area contributed by atoms with E-state index >= 15 is 0 Å². The van der Waals surface area contributed by atoms with Crippen molar-refractivity contribution in [3.63, 3.8) is 0 Å². The van der Waals surface area contributed by atoms with Crippen LogP contribution in [0.25, 0.3) is 0 Å². The molecule has 0 bridgehead atoms. The molecule has 1 aromatic heterocycles. The third-order valence-electron chi connectivity index (χ3n) is 3.71. The number of halogens is 2. The summed E-state index contributed by atoms with van der Waals surface area (Å²) in [6.45, 7) is 0.0663. The number of ether oxygens (including phenoxy) is 1. The quantitative estimate of drug-likeness (QED) is 0.664. The normalized spacial score (nSPS) is 10.5. The summed E-state index contributed by atoms with van der Waals surface area (Å²) in [7, 11) is 3.33. The number of carbonyl (C=O) groups excluding carboxylic acids is 2. The van der Waals surface area contributed by atoms with Gasteiger partial charge in [0.1, 0.15) is 24.0 Å². The Labute approximate surface area is 168 Å². The minimum Gasteiger partial charge on any atom is -0.486 e. The Morgan fingerprint density at radius 3 is 2.48 bits per heavy atom. The highest BCUT2D eigenvalue weighted by atomic mass is 32.1. The predicted molar refractivity (Wildman–Crippen MR) is 103 cm³/mol. The van der Waals surface area contributed by atoms with E-state index in [0.29, 0.717) is 22.4 Å². The Bertz CT molecular complexity index is 1040. The first-order chi connectivity index (χ1) is 13.8. The summed E-state index contributed by atoms with van der Waals surface area (Å²) in [5, 5.41) is 10.4. The van der Waals surface area contributed by atoms with Crippen LogP contribution >= 0.6 is 11.3 Å². The third kappa shape index (κ3) is 5.11. The minimum atomic E-state index is -0.886. The Balaban J connectivity index is 1.58. The minimum absolute atomic E-state index is 0.0132. The molecule has 0 aliphatic carbocycles. The highest BCUT2D eigenvalue weighted by molar-refractivity contribution is 7.13. The van der Waals surface area contributed by atoms with Crippen molar-refractivity contribution in [3.05, 3.63) is 69.7 Å². The fourth-order valence-electron chi connectivity index (χ4n) is 2.27. The van der Waals surface area contributed by atoms with Crippen molar-refractivity contribution in [3.8, 4) is 5.75 Å². The molecule has 1 heterocycles. The molecule has 0 saturated heterocycles. The second kappa shape index (κ2) is 8.74. The number of nitrogens with one attached hydrogen (secondary N) is 1. The zero-order valence-electron chi connectivity index (χ0n) is 15.5. The predicted octanol–water partition coefficient (Wildman–Crippen LogP) is 3.35. The molecule has 0 aliphatic rings. The van der Waals surface area contributed by atoms with Gasteiger partial charge in [-0.1, -0.05) is 11.3 Å². The van der Waals surface area contributed by atoms with Crippen LogP contribution in [0, 0.1) is 11.6 Å². The van der Waals surface area contributed by atoms with E-state index in [1.807, 2.05) is 0 Å². The maximum atomic E-state index is 13.6. The second-order valence-electron chi connectivity index (χ2n) is 6.09. The number of rotatable bonds is 6. The first-order valence-electron chi connectivity index (χ1n) is 8.37. The summed E-state index contributed by atoms with van der Waals surface area (Å²) in [5.74, 6) is -1.88. The second-order valence-corrected chi connectivity index (χ2v) is 7.15. The Kier molecular flexibility index (Phi) is 6.13. The first kappa shape index (κ1) is 20.3. The van der Waals surface area contributed by atoms with Crippen molar-refractivity contribution in [2.75, 3.05) is 19.4 Å². The average molecular weight is 418 g/mol. The van der Waals surface area contributed by atoms with E-state index in [2.05, 4.69) is 15.5 Å². The molecular formula is C19H16F2N4O3S. The van der Waals surface area contributed by atoms with Gasteiger partial charge in [-0.15, -0.1) is 10.2 Å². The first-order valence-corrected chi connectivity index (χ1v) is 9.18.